The number of nitrogens with zero attached hydrogens (tertiary/aromatic N) is 1. The fourth-order valence-corrected chi connectivity index (χ4v) is 1.33. The summed E-state index contributed by atoms with van der Waals surface area (Å²) in [4.78, 5) is 1.79. The molecule has 3 nitrogen and oxygen atoms in total. The number of benzene rings is 1. The van der Waals surface area contributed by atoms with Crippen molar-refractivity contribution in [3.63, 3.8) is 0 Å². The maximum Gasteiger partial charge on any atom is 0.199 e. The van der Waals surface area contributed by atoms with Crippen LogP contribution >= 0.6 is 0 Å². The molecule has 0 fully saturated rings. The highest BCUT2D eigenvalue weighted by Crippen LogP contribution is 2.31. The van der Waals surface area contributed by atoms with Gasteiger partial charge < -0.3 is 14.4 Å². The van der Waals surface area contributed by atoms with Gasteiger partial charge >= 0.3 is 0 Å². The molecule has 2 rings (SSSR count). The molecule has 1 N–H and O–H groups in total. The lowest BCUT2D eigenvalue weighted by atomic mass is 10.3. The molecular weight excluding hydrogens is 178 g/mol. The Balaban J connectivity index is 2.37. The number of hydrogen-bond donors (Lipinski definition) is 1. The molecule has 0 atom stereocenters. The van der Waals surface area contributed by atoms with Crippen LogP contribution in [0.15, 0.2) is 47.1 Å². The predicted molar refractivity (Wildman–Crippen MR) is 54.9 cm³/mol. The number of furan rings is 1. The Hall–Kier alpha value is -1.90. The summed E-state index contributed by atoms with van der Waals surface area (Å²) < 4.78 is 5.22. The average Bonchev–Trinajstić information content (AvgIpc) is 2.70. The molecule has 0 bridgehead atoms. The highest BCUT2D eigenvalue weighted by molar-refractivity contribution is 5.64. The summed E-state index contributed by atoms with van der Waals surface area (Å²) in [6.07, 6.45) is 1.60. The number of anilines is 2. The third-order valence-corrected chi connectivity index (χ3v) is 2.08. The van der Waals surface area contributed by atoms with Crippen molar-refractivity contribution in [2.75, 3.05) is 11.9 Å². The van der Waals surface area contributed by atoms with Crippen LogP contribution in [0, 0.1) is 0 Å². The first-order chi connectivity index (χ1) is 6.79. The Morgan fingerprint density at radius 1 is 1.14 bits per heavy atom. The standard InChI is InChI=1S/C11H11NO2/c1-12(11-7-4-8-14-11)9-5-2-3-6-10(9)13/h2-8,13H,1H3. The van der Waals surface area contributed by atoms with Crippen LogP contribution < -0.4 is 4.90 Å². The minimum absolute atomic E-state index is 0.242. The van der Waals surface area contributed by atoms with Crippen molar-refractivity contribution in [1.29, 1.82) is 0 Å². The lowest BCUT2D eigenvalue weighted by Crippen LogP contribution is -2.08. The van der Waals surface area contributed by atoms with Crippen molar-refractivity contribution in [3.05, 3.63) is 42.7 Å². The van der Waals surface area contributed by atoms with Gasteiger partial charge in [-0.05, 0) is 18.2 Å². The molecule has 0 saturated heterocycles. The number of rotatable bonds is 2. The molecule has 0 aliphatic heterocycles. The first-order valence-electron chi connectivity index (χ1n) is 4.34. The molecule has 1 aromatic heterocycles. The number of para-hydroxylation sites is 2. The fourth-order valence-electron chi connectivity index (χ4n) is 1.33. The quantitative estimate of drug-likeness (QED) is 0.789. The lowest BCUT2D eigenvalue weighted by Gasteiger charge is -2.16. The van der Waals surface area contributed by atoms with E-state index in [1.54, 1.807) is 23.3 Å². The van der Waals surface area contributed by atoms with Crippen LogP contribution in [0.3, 0.4) is 0 Å². The Bertz CT molecular complexity index is 409. The van der Waals surface area contributed by atoms with E-state index in [0.717, 1.165) is 5.69 Å². The second-order valence-electron chi connectivity index (χ2n) is 3.00. The van der Waals surface area contributed by atoms with Crippen LogP contribution in [0.2, 0.25) is 0 Å². The molecule has 2 aromatic rings. The van der Waals surface area contributed by atoms with E-state index in [4.69, 9.17) is 4.42 Å². The Kier molecular flexibility index (Phi) is 2.14. The average molecular weight is 189 g/mol. The molecule has 1 aromatic carbocycles. The van der Waals surface area contributed by atoms with Gasteiger partial charge in [0.05, 0.1) is 12.0 Å². The molecule has 3 heteroatoms. The zero-order valence-electron chi connectivity index (χ0n) is 7.84. The molecule has 0 spiro atoms. The number of phenols is 1. The number of phenolic OH excluding ortho intramolecular Hbond substituents is 1. The van der Waals surface area contributed by atoms with Gasteiger partial charge in [0.1, 0.15) is 5.75 Å². The van der Waals surface area contributed by atoms with Gasteiger partial charge in [-0.25, -0.2) is 0 Å². The normalized spacial score (nSPS) is 10.1. The van der Waals surface area contributed by atoms with Crippen LogP contribution in [0.25, 0.3) is 0 Å². The third-order valence-electron chi connectivity index (χ3n) is 2.08. The molecule has 0 radical (unpaired) electrons. The molecule has 0 amide bonds. The smallest absolute Gasteiger partial charge is 0.199 e. The highest BCUT2D eigenvalue weighted by Gasteiger charge is 2.09. The van der Waals surface area contributed by atoms with Gasteiger partial charge in [0, 0.05) is 13.1 Å². The van der Waals surface area contributed by atoms with Crippen LogP contribution in [0.5, 0.6) is 5.75 Å². The summed E-state index contributed by atoms with van der Waals surface area (Å²) >= 11 is 0. The second kappa shape index (κ2) is 3.46. The number of aromatic hydroxyl groups is 1. The Labute approximate surface area is 82.2 Å². The Morgan fingerprint density at radius 3 is 2.57 bits per heavy atom. The van der Waals surface area contributed by atoms with Gasteiger partial charge in [0.2, 0.25) is 0 Å². The van der Waals surface area contributed by atoms with Gasteiger partial charge in [0.25, 0.3) is 0 Å². The van der Waals surface area contributed by atoms with E-state index in [0.29, 0.717) is 5.88 Å². The van der Waals surface area contributed by atoms with Crippen LogP contribution in [-0.2, 0) is 0 Å². The predicted octanol–water partition coefficient (Wildman–Crippen LogP) is 2.75. The van der Waals surface area contributed by atoms with Crippen molar-refractivity contribution >= 4 is 11.6 Å². The highest BCUT2D eigenvalue weighted by atomic mass is 16.3. The van der Waals surface area contributed by atoms with Gasteiger partial charge in [-0.1, -0.05) is 12.1 Å². The monoisotopic (exact) mass is 189 g/mol. The van der Waals surface area contributed by atoms with Crippen LogP contribution in [-0.4, -0.2) is 12.2 Å². The summed E-state index contributed by atoms with van der Waals surface area (Å²) in [5, 5.41) is 9.60. The fraction of sp³-hybridized carbons (Fsp3) is 0.0909. The first kappa shape index (κ1) is 8.69. The maximum absolute atomic E-state index is 9.60. The first-order valence-corrected chi connectivity index (χ1v) is 4.34. The van der Waals surface area contributed by atoms with E-state index < -0.39 is 0 Å². The zero-order valence-corrected chi connectivity index (χ0v) is 7.84. The van der Waals surface area contributed by atoms with Gasteiger partial charge in [-0.2, -0.15) is 0 Å². The van der Waals surface area contributed by atoms with Gasteiger partial charge in [0.15, 0.2) is 5.88 Å². The molecule has 1 heterocycles. The minimum atomic E-state index is 0.242. The van der Waals surface area contributed by atoms with E-state index in [1.807, 2.05) is 31.3 Å². The molecular formula is C11H11NO2. The van der Waals surface area contributed by atoms with E-state index in [1.165, 1.54) is 0 Å². The summed E-state index contributed by atoms with van der Waals surface area (Å²) in [7, 11) is 1.84. The molecule has 0 aliphatic rings. The van der Waals surface area contributed by atoms with Crippen LogP contribution in [0.4, 0.5) is 11.6 Å². The van der Waals surface area contributed by atoms with E-state index in [-0.39, 0.29) is 5.75 Å². The molecule has 0 saturated carbocycles. The maximum atomic E-state index is 9.60. The minimum Gasteiger partial charge on any atom is -0.506 e. The van der Waals surface area contributed by atoms with E-state index >= 15 is 0 Å². The van der Waals surface area contributed by atoms with Crippen LogP contribution in [0.1, 0.15) is 0 Å². The third kappa shape index (κ3) is 1.44. The topological polar surface area (TPSA) is 36.6 Å². The van der Waals surface area contributed by atoms with E-state index in [2.05, 4.69) is 0 Å². The molecule has 0 aliphatic carbocycles. The van der Waals surface area contributed by atoms with Gasteiger partial charge in [-0.15, -0.1) is 0 Å². The van der Waals surface area contributed by atoms with Crippen molar-refractivity contribution < 1.29 is 9.52 Å². The molecule has 14 heavy (non-hydrogen) atoms. The number of hydrogen-bond acceptors (Lipinski definition) is 3. The SMILES string of the molecule is CN(c1ccco1)c1ccccc1O. The zero-order chi connectivity index (χ0) is 9.97. The summed E-state index contributed by atoms with van der Waals surface area (Å²) in [5.74, 6) is 0.943. The summed E-state index contributed by atoms with van der Waals surface area (Å²) in [6.45, 7) is 0. The van der Waals surface area contributed by atoms with Crippen molar-refractivity contribution in [2.24, 2.45) is 0 Å². The molecule has 0 unspecified atom stereocenters. The van der Waals surface area contributed by atoms with Crippen molar-refractivity contribution in [3.8, 4) is 5.75 Å². The second-order valence-corrected chi connectivity index (χ2v) is 3.00. The summed E-state index contributed by atoms with van der Waals surface area (Å²) in [6, 6.07) is 10.8. The van der Waals surface area contributed by atoms with Crippen molar-refractivity contribution in [1.82, 2.24) is 0 Å². The molecule has 72 valence electrons. The summed E-state index contributed by atoms with van der Waals surface area (Å²) in [5.41, 5.74) is 0.724. The van der Waals surface area contributed by atoms with Gasteiger partial charge in [-0.3, -0.25) is 0 Å². The largest absolute Gasteiger partial charge is 0.506 e. The Morgan fingerprint density at radius 2 is 1.93 bits per heavy atom. The van der Waals surface area contributed by atoms with Crippen molar-refractivity contribution in [2.45, 2.75) is 0 Å². The lowest BCUT2D eigenvalue weighted by molar-refractivity contribution is 0.474. The van der Waals surface area contributed by atoms with E-state index in [9.17, 15) is 5.11 Å².